The number of rotatable bonds is 6. The Kier molecular flexibility index (Phi) is 7.28. The molecule has 0 heterocycles. The number of ether oxygens (including phenoxy) is 2. The summed E-state index contributed by atoms with van der Waals surface area (Å²) < 4.78 is 25.8. The number of carboxylic acids is 1. The lowest BCUT2D eigenvalue weighted by Crippen LogP contribution is -2.15. The quantitative estimate of drug-likeness (QED) is 0.289. The third-order valence-corrected chi connectivity index (χ3v) is 4.84. The first-order valence-corrected chi connectivity index (χ1v) is 9.96. The standard InChI is InChI=1S/C23H14Cl2FN3O4/c24-16-7-12(11-27)8-17(10-16)32-21-18(25)6-5-15(20(21)26)9-19(28)33-22(29)13-1-3-14(4-2-13)23(30)31/h1-8,10,28-29H,9H2,(H,30,31). The summed E-state index contributed by atoms with van der Waals surface area (Å²) in [6.07, 6.45) is -0.312. The molecule has 166 valence electrons. The van der Waals surface area contributed by atoms with E-state index in [2.05, 4.69) is 0 Å². The summed E-state index contributed by atoms with van der Waals surface area (Å²) in [4.78, 5) is 10.9. The minimum Gasteiger partial charge on any atom is -0.478 e. The average molecular weight is 486 g/mol. The minimum atomic E-state index is -1.11. The fourth-order valence-electron chi connectivity index (χ4n) is 2.76. The maximum absolute atomic E-state index is 15.1. The van der Waals surface area contributed by atoms with Crippen LogP contribution < -0.4 is 4.74 Å². The van der Waals surface area contributed by atoms with Gasteiger partial charge in [0, 0.05) is 16.1 Å². The zero-order chi connectivity index (χ0) is 24.1. The van der Waals surface area contributed by atoms with Crippen molar-refractivity contribution in [1.82, 2.24) is 0 Å². The van der Waals surface area contributed by atoms with E-state index in [1.807, 2.05) is 6.07 Å². The number of nitrogens with zero attached hydrogens (tertiary/aromatic N) is 1. The highest BCUT2D eigenvalue weighted by Gasteiger charge is 2.18. The molecule has 0 aliphatic heterocycles. The molecule has 0 spiro atoms. The molecule has 0 atom stereocenters. The molecule has 0 fully saturated rings. The Hall–Kier alpha value is -3.93. The summed E-state index contributed by atoms with van der Waals surface area (Å²) in [6, 6.07) is 14.2. The van der Waals surface area contributed by atoms with Crippen LogP contribution in [0.25, 0.3) is 0 Å². The Bertz CT molecular complexity index is 1300. The molecule has 0 unspecified atom stereocenters. The fourth-order valence-corrected chi connectivity index (χ4v) is 3.17. The second-order valence-corrected chi connectivity index (χ2v) is 7.50. The van der Waals surface area contributed by atoms with Gasteiger partial charge in [-0.25, -0.2) is 9.18 Å². The zero-order valence-electron chi connectivity index (χ0n) is 16.7. The van der Waals surface area contributed by atoms with E-state index in [9.17, 15) is 4.79 Å². The molecule has 0 bridgehead atoms. The summed E-state index contributed by atoms with van der Waals surface area (Å²) in [5.74, 6) is -2.98. The molecule has 0 saturated heterocycles. The summed E-state index contributed by atoms with van der Waals surface area (Å²) in [6.45, 7) is 0. The summed E-state index contributed by atoms with van der Waals surface area (Å²) in [7, 11) is 0. The molecular weight excluding hydrogens is 472 g/mol. The van der Waals surface area contributed by atoms with E-state index in [4.69, 9.17) is 53.9 Å². The predicted octanol–water partition coefficient (Wildman–Crippen LogP) is 6.06. The van der Waals surface area contributed by atoms with Crippen molar-refractivity contribution in [2.24, 2.45) is 0 Å². The molecule has 3 N–H and O–H groups in total. The van der Waals surface area contributed by atoms with Crippen LogP contribution >= 0.6 is 23.2 Å². The largest absolute Gasteiger partial charge is 0.478 e. The van der Waals surface area contributed by atoms with Crippen molar-refractivity contribution in [1.29, 1.82) is 16.1 Å². The predicted molar refractivity (Wildman–Crippen MR) is 120 cm³/mol. The van der Waals surface area contributed by atoms with Gasteiger partial charge in [0.05, 0.1) is 28.6 Å². The van der Waals surface area contributed by atoms with Crippen LogP contribution in [0.15, 0.2) is 54.6 Å². The van der Waals surface area contributed by atoms with Crippen LogP contribution in [0.1, 0.15) is 27.0 Å². The van der Waals surface area contributed by atoms with Crippen LogP contribution in [0.5, 0.6) is 11.5 Å². The minimum absolute atomic E-state index is 0.0240. The first-order valence-electron chi connectivity index (χ1n) is 9.21. The molecule has 10 heteroatoms. The van der Waals surface area contributed by atoms with Gasteiger partial charge < -0.3 is 14.6 Å². The van der Waals surface area contributed by atoms with E-state index in [1.165, 1.54) is 54.6 Å². The first kappa shape index (κ1) is 23.7. The van der Waals surface area contributed by atoms with E-state index < -0.39 is 23.6 Å². The van der Waals surface area contributed by atoms with Gasteiger partial charge in [0.2, 0.25) is 5.90 Å². The van der Waals surface area contributed by atoms with Crippen LogP contribution in [0.4, 0.5) is 4.39 Å². The normalized spacial score (nSPS) is 10.2. The Morgan fingerprint density at radius 3 is 2.36 bits per heavy atom. The summed E-state index contributed by atoms with van der Waals surface area (Å²) >= 11 is 12.0. The topological polar surface area (TPSA) is 127 Å². The van der Waals surface area contributed by atoms with E-state index >= 15 is 4.39 Å². The lowest BCUT2D eigenvalue weighted by molar-refractivity contribution is 0.0697. The summed E-state index contributed by atoms with van der Waals surface area (Å²) in [5, 5.41) is 34.1. The SMILES string of the molecule is N#Cc1cc(Cl)cc(Oc2c(Cl)ccc(CC(=N)OC(=N)c3ccc(C(=O)O)cc3)c2F)c1. The van der Waals surface area contributed by atoms with Crippen molar-refractivity contribution in [3.05, 3.63) is 92.7 Å². The van der Waals surface area contributed by atoms with Gasteiger partial charge in [-0.3, -0.25) is 10.8 Å². The highest BCUT2D eigenvalue weighted by atomic mass is 35.5. The molecule has 0 amide bonds. The Labute approximate surface area is 197 Å². The third kappa shape index (κ3) is 5.86. The molecule has 3 aromatic rings. The number of carbonyl (C=O) groups is 1. The lowest BCUT2D eigenvalue weighted by Gasteiger charge is -2.13. The van der Waals surface area contributed by atoms with E-state index in [0.29, 0.717) is 0 Å². The second-order valence-electron chi connectivity index (χ2n) is 6.65. The number of nitrogens with one attached hydrogen (secondary N) is 2. The number of hydrogen-bond donors (Lipinski definition) is 3. The molecule has 3 rings (SSSR count). The maximum Gasteiger partial charge on any atom is 0.335 e. The van der Waals surface area contributed by atoms with Crippen LogP contribution in [-0.2, 0) is 11.2 Å². The van der Waals surface area contributed by atoms with Crippen LogP contribution in [0.2, 0.25) is 10.0 Å². The van der Waals surface area contributed by atoms with E-state index in [-0.39, 0.29) is 50.2 Å². The van der Waals surface area contributed by atoms with Crippen molar-refractivity contribution in [3.63, 3.8) is 0 Å². The zero-order valence-corrected chi connectivity index (χ0v) is 18.2. The highest BCUT2D eigenvalue weighted by molar-refractivity contribution is 6.32. The molecule has 33 heavy (non-hydrogen) atoms. The van der Waals surface area contributed by atoms with Crippen molar-refractivity contribution in [2.75, 3.05) is 0 Å². The molecule has 0 aromatic heterocycles. The van der Waals surface area contributed by atoms with Gasteiger partial charge in [-0.1, -0.05) is 29.3 Å². The van der Waals surface area contributed by atoms with Gasteiger partial charge in [0.15, 0.2) is 17.5 Å². The highest BCUT2D eigenvalue weighted by Crippen LogP contribution is 2.35. The lowest BCUT2D eigenvalue weighted by atomic mass is 10.1. The monoisotopic (exact) mass is 485 g/mol. The van der Waals surface area contributed by atoms with Gasteiger partial charge in [-0.2, -0.15) is 5.26 Å². The van der Waals surface area contributed by atoms with Gasteiger partial charge in [-0.05, 0) is 48.5 Å². The number of hydrogen-bond acceptors (Lipinski definition) is 6. The van der Waals surface area contributed by atoms with Crippen molar-refractivity contribution >= 4 is 41.0 Å². The van der Waals surface area contributed by atoms with Gasteiger partial charge >= 0.3 is 5.97 Å². The van der Waals surface area contributed by atoms with E-state index in [0.717, 1.165) is 0 Å². The van der Waals surface area contributed by atoms with Crippen LogP contribution in [-0.4, -0.2) is 22.9 Å². The Morgan fingerprint density at radius 2 is 1.73 bits per heavy atom. The number of aromatic carboxylic acids is 1. The molecule has 0 aliphatic carbocycles. The summed E-state index contributed by atoms with van der Waals surface area (Å²) in [5.41, 5.74) is 0.532. The van der Waals surface area contributed by atoms with Crippen LogP contribution in [0.3, 0.4) is 0 Å². The maximum atomic E-state index is 15.1. The molecule has 7 nitrogen and oxygen atoms in total. The molecule has 0 saturated carbocycles. The van der Waals surface area contributed by atoms with Crippen molar-refractivity contribution in [2.45, 2.75) is 6.42 Å². The van der Waals surface area contributed by atoms with Gasteiger partial charge in [-0.15, -0.1) is 0 Å². The Morgan fingerprint density at radius 1 is 1.06 bits per heavy atom. The van der Waals surface area contributed by atoms with Crippen molar-refractivity contribution in [3.8, 4) is 17.6 Å². The van der Waals surface area contributed by atoms with E-state index in [1.54, 1.807) is 0 Å². The Balaban J connectivity index is 1.75. The number of halogens is 3. The molecule has 0 aliphatic rings. The smallest absolute Gasteiger partial charge is 0.335 e. The fraction of sp³-hybridized carbons (Fsp3) is 0.0435. The molecule has 0 radical (unpaired) electrons. The first-order chi connectivity index (χ1) is 15.7. The van der Waals surface area contributed by atoms with Crippen molar-refractivity contribution < 1.29 is 23.8 Å². The second kappa shape index (κ2) is 10.1. The molecule has 3 aromatic carbocycles. The number of nitriles is 1. The van der Waals surface area contributed by atoms with Gasteiger partial charge in [0.25, 0.3) is 0 Å². The van der Waals surface area contributed by atoms with Gasteiger partial charge in [0.1, 0.15) is 5.75 Å². The van der Waals surface area contributed by atoms with Crippen LogP contribution in [0, 0.1) is 28.0 Å². The number of carboxylic acid groups (broad SMARTS) is 1. The third-order valence-electron chi connectivity index (χ3n) is 4.32. The molecular formula is C23H14Cl2FN3O4. The average Bonchev–Trinajstić information content (AvgIpc) is 2.78. The number of benzene rings is 3.